The van der Waals surface area contributed by atoms with Crippen LogP contribution in [0.4, 0.5) is 0 Å². The smallest absolute Gasteiger partial charge is 0.0235 e. The van der Waals surface area contributed by atoms with E-state index in [1.807, 2.05) is 0 Å². The van der Waals surface area contributed by atoms with Crippen molar-refractivity contribution in [3.8, 4) is 0 Å². The lowest BCUT2D eigenvalue weighted by Crippen LogP contribution is -2.60. The molecule has 0 bridgehead atoms. The lowest BCUT2D eigenvalue weighted by Gasteiger charge is -2.68. The Balaban J connectivity index is 1.54. The van der Waals surface area contributed by atoms with Gasteiger partial charge in [0.25, 0.3) is 0 Å². The van der Waals surface area contributed by atoms with Crippen LogP contribution >= 0.6 is 0 Å². The zero-order valence-corrected chi connectivity index (χ0v) is 21.0. The van der Waals surface area contributed by atoms with Crippen molar-refractivity contribution in [3.05, 3.63) is 0 Å². The van der Waals surface area contributed by atoms with Gasteiger partial charge in [0.05, 0.1) is 0 Å². The number of hydrogen-bond acceptors (Lipinski definition) is 0. The van der Waals surface area contributed by atoms with Gasteiger partial charge in [-0.2, -0.15) is 0 Å². The van der Waals surface area contributed by atoms with E-state index < -0.39 is 0 Å². The summed E-state index contributed by atoms with van der Waals surface area (Å²) in [5.41, 5.74) is 1.85. The van der Waals surface area contributed by atoms with Gasteiger partial charge in [-0.1, -0.05) is 80.6 Å². The Morgan fingerprint density at radius 2 is 1.48 bits per heavy atom. The second kappa shape index (κ2) is 7.85. The zero-order valence-electron chi connectivity index (χ0n) is 21.0. The van der Waals surface area contributed by atoms with Gasteiger partial charge in [-0.3, -0.25) is 0 Å². The van der Waals surface area contributed by atoms with Crippen molar-refractivity contribution >= 4 is 0 Å². The quantitative estimate of drug-likeness (QED) is 0.431. The fraction of sp³-hybridized carbons (Fsp3) is 1.00. The summed E-state index contributed by atoms with van der Waals surface area (Å²) in [6.45, 7) is 18.3. The van der Waals surface area contributed by atoms with E-state index >= 15 is 0 Å². The molecule has 9 atom stereocenters. The van der Waals surface area contributed by atoms with E-state index in [1.165, 1.54) is 64.2 Å². The minimum Gasteiger partial charge on any atom is -0.0628 e. The summed E-state index contributed by atoms with van der Waals surface area (Å²) in [4.78, 5) is 0. The number of rotatable bonds is 5. The van der Waals surface area contributed by atoms with Crippen LogP contribution < -0.4 is 0 Å². The van der Waals surface area contributed by atoms with Crippen molar-refractivity contribution in [1.82, 2.24) is 0 Å². The SMILES string of the molecule is CC(C)CCC[C@@H](C)[C@H]1CC[C@@]2(C)[C@H]1CC[C@H]1[C@@]3(C)CCC[C@@H](C)[C@@H]3CC[C@@]12C. The van der Waals surface area contributed by atoms with Gasteiger partial charge in [-0.05, 0) is 103 Å². The van der Waals surface area contributed by atoms with Crippen LogP contribution in [0.15, 0.2) is 0 Å². The molecule has 0 N–H and O–H groups in total. The van der Waals surface area contributed by atoms with Gasteiger partial charge in [0.1, 0.15) is 0 Å². The highest BCUT2D eigenvalue weighted by molar-refractivity contribution is 5.15. The number of fused-ring (bicyclic) bond motifs is 5. The Bertz CT molecular complexity index is 577. The number of hydrogen-bond donors (Lipinski definition) is 0. The average Bonchev–Trinajstić information content (AvgIpc) is 3.00. The fourth-order valence-electron chi connectivity index (χ4n) is 10.2. The molecule has 0 amide bonds. The molecule has 0 radical (unpaired) electrons. The molecule has 0 aromatic rings. The Kier molecular flexibility index (Phi) is 6.01. The molecular weight excluding hydrogens is 348 g/mol. The van der Waals surface area contributed by atoms with E-state index in [2.05, 4.69) is 48.5 Å². The average molecular weight is 401 g/mol. The molecule has 0 heteroatoms. The molecule has 0 aromatic heterocycles. The van der Waals surface area contributed by atoms with Gasteiger partial charge in [-0.25, -0.2) is 0 Å². The van der Waals surface area contributed by atoms with E-state index in [9.17, 15) is 0 Å². The summed E-state index contributed by atoms with van der Waals surface area (Å²) in [7, 11) is 0. The summed E-state index contributed by atoms with van der Waals surface area (Å²) in [5.74, 6) is 6.83. The standard InChI is InChI=1S/C29H52/c1-20(2)10-8-11-21(3)23-15-18-28(6)25(23)13-14-26-27(5)17-9-12-22(4)24(27)16-19-29(26,28)7/h20-26H,8-19H2,1-7H3/t21-,22-,23-,24+,25+,26+,27+,28+,29+/m1/s1. The van der Waals surface area contributed by atoms with E-state index in [4.69, 9.17) is 0 Å². The van der Waals surface area contributed by atoms with E-state index in [1.54, 1.807) is 12.8 Å². The molecule has 29 heavy (non-hydrogen) atoms. The third-order valence-corrected chi connectivity index (χ3v) is 12.0. The summed E-state index contributed by atoms with van der Waals surface area (Å²) in [6, 6.07) is 0. The molecule has 4 fully saturated rings. The zero-order chi connectivity index (χ0) is 21.0. The normalized spacial score (nSPS) is 50.7. The van der Waals surface area contributed by atoms with Crippen molar-refractivity contribution in [1.29, 1.82) is 0 Å². The van der Waals surface area contributed by atoms with E-state index in [0.29, 0.717) is 16.2 Å². The van der Waals surface area contributed by atoms with Gasteiger partial charge in [0.15, 0.2) is 0 Å². The maximum Gasteiger partial charge on any atom is -0.0235 e. The molecule has 0 spiro atoms. The van der Waals surface area contributed by atoms with Crippen LogP contribution in [0, 0.1) is 57.7 Å². The summed E-state index contributed by atoms with van der Waals surface area (Å²) in [5, 5.41) is 0. The molecule has 4 aliphatic rings. The van der Waals surface area contributed by atoms with Crippen LogP contribution in [-0.2, 0) is 0 Å². The highest BCUT2D eigenvalue weighted by Gasteiger charge is 2.66. The molecule has 0 unspecified atom stereocenters. The monoisotopic (exact) mass is 400 g/mol. The van der Waals surface area contributed by atoms with Crippen LogP contribution in [0.5, 0.6) is 0 Å². The summed E-state index contributed by atoms with van der Waals surface area (Å²) < 4.78 is 0. The van der Waals surface area contributed by atoms with Crippen molar-refractivity contribution in [2.24, 2.45) is 57.7 Å². The third-order valence-electron chi connectivity index (χ3n) is 12.0. The van der Waals surface area contributed by atoms with Crippen molar-refractivity contribution in [3.63, 3.8) is 0 Å². The molecule has 0 aliphatic heterocycles. The molecular formula is C29H52. The molecule has 0 nitrogen and oxygen atoms in total. The Morgan fingerprint density at radius 1 is 0.759 bits per heavy atom. The van der Waals surface area contributed by atoms with Crippen LogP contribution in [0.3, 0.4) is 0 Å². The molecule has 0 saturated heterocycles. The van der Waals surface area contributed by atoms with E-state index in [0.717, 1.165) is 41.4 Å². The minimum atomic E-state index is 0.602. The van der Waals surface area contributed by atoms with Crippen molar-refractivity contribution in [2.45, 2.75) is 126 Å². The highest BCUT2D eigenvalue weighted by Crippen LogP contribution is 2.74. The first-order valence-corrected chi connectivity index (χ1v) is 13.6. The largest absolute Gasteiger partial charge is 0.0628 e. The maximum absolute atomic E-state index is 2.79. The third kappa shape index (κ3) is 3.36. The van der Waals surface area contributed by atoms with Crippen molar-refractivity contribution < 1.29 is 0 Å². The van der Waals surface area contributed by atoms with Gasteiger partial charge in [0.2, 0.25) is 0 Å². The topological polar surface area (TPSA) is 0 Å². The molecule has 0 aromatic carbocycles. The second-order valence-electron chi connectivity index (χ2n) is 13.6. The first-order chi connectivity index (χ1) is 13.6. The van der Waals surface area contributed by atoms with Gasteiger partial charge in [0, 0.05) is 0 Å². The van der Waals surface area contributed by atoms with Crippen LogP contribution in [-0.4, -0.2) is 0 Å². The van der Waals surface area contributed by atoms with E-state index in [-0.39, 0.29) is 0 Å². The lowest BCUT2D eigenvalue weighted by atomic mass is 9.37. The molecule has 168 valence electrons. The first kappa shape index (κ1) is 22.2. The first-order valence-electron chi connectivity index (χ1n) is 13.6. The summed E-state index contributed by atoms with van der Waals surface area (Å²) in [6.07, 6.45) is 18.1. The maximum atomic E-state index is 2.79. The highest BCUT2D eigenvalue weighted by atomic mass is 14.7. The molecule has 4 rings (SSSR count). The predicted octanol–water partition coefficient (Wildman–Crippen LogP) is 9.13. The summed E-state index contributed by atoms with van der Waals surface area (Å²) >= 11 is 0. The Hall–Kier alpha value is 0. The molecule has 4 saturated carbocycles. The molecule has 0 heterocycles. The Morgan fingerprint density at radius 3 is 2.21 bits per heavy atom. The van der Waals surface area contributed by atoms with Gasteiger partial charge >= 0.3 is 0 Å². The van der Waals surface area contributed by atoms with Crippen LogP contribution in [0.2, 0.25) is 0 Å². The second-order valence-corrected chi connectivity index (χ2v) is 13.6. The minimum absolute atomic E-state index is 0.602. The molecule has 4 aliphatic carbocycles. The predicted molar refractivity (Wildman–Crippen MR) is 127 cm³/mol. The van der Waals surface area contributed by atoms with Gasteiger partial charge < -0.3 is 0 Å². The van der Waals surface area contributed by atoms with Crippen LogP contribution in [0.1, 0.15) is 126 Å². The van der Waals surface area contributed by atoms with Crippen molar-refractivity contribution in [2.75, 3.05) is 0 Å². The van der Waals surface area contributed by atoms with Gasteiger partial charge in [-0.15, -0.1) is 0 Å². The Labute approximate surface area is 183 Å². The fourth-order valence-corrected chi connectivity index (χ4v) is 10.2. The van der Waals surface area contributed by atoms with Crippen LogP contribution in [0.25, 0.3) is 0 Å². The lowest BCUT2D eigenvalue weighted by molar-refractivity contribution is -0.190.